The van der Waals surface area contributed by atoms with Crippen molar-refractivity contribution in [1.29, 1.82) is 0 Å². The molecule has 182 valence electrons. The molecule has 0 bridgehead atoms. The van der Waals surface area contributed by atoms with Crippen molar-refractivity contribution in [2.45, 2.75) is 13.5 Å². The van der Waals surface area contributed by atoms with Gasteiger partial charge in [-0.05, 0) is 42.8 Å². The molecule has 0 aliphatic carbocycles. The van der Waals surface area contributed by atoms with Crippen molar-refractivity contribution in [2.24, 2.45) is 0 Å². The highest BCUT2D eigenvalue weighted by molar-refractivity contribution is 6.35. The van der Waals surface area contributed by atoms with Crippen molar-refractivity contribution in [1.82, 2.24) is 9.47 Å². The molecule has 1 aliphatic rings. The van der Waals surface area contributed by atoms with Crippen LogP contribution in [0.25, 0.3) is 17.0 Å². The molecule has 3 aromatic rings. The van der Waals surface area contributed by atoms with E-state index >= 15 is 4.39 Å². The molecule has 1 amide bonds. The number of carboxylic acids is 1. The van der Waals surface area contributed by atoms with Crippen LogP contribution in [0, 0.1) is 5.82 Å². The quantitative estimate of drug-likeness (QED) is 0.502. The molecule has 0 spiro atoms. The maximum atomic E-state index is 15.0. The third-order valence-corrected chi connectivity index (χ3v) is 6.58. The van der Waals surface area contributed by atoms with Gasteiger partial charge in [0.2, 0.25) is 11.3 Å². The van der Waals surface area contributed by atoms with Gasteiger partial charge in [-0.2, -0.15) is 0 Å². The second-order valence-electron chi connectivity index (χ2n) is 8.10. The number of anilines is 1. The fourth-order valence-corrected chi connectivity index (χ4v) is 4.60. The summed E-state index contributed by atoms with van der Waals surface area (Å²) in [6.07, 6.45) is 4.36. The van der Waals surface area contributed by atoms with Gasteiger partial charge in [0.1, 0.15) is 11.4 Å². The van der Waals surface area contributed by atoms with Crippen LogP contribution in [0.3, 0.4) is 0 Å². The van der Waals surface area contributed by atoms with E-state index in [0.29, 0.717) is 59.5 Å². The average Bonchev–Trinajstić information content (AvgIpc) is 2.83. The number of piperazine rings is 1. The minimum atomic E-state index is -1.35. The van der Waals surface area contributed by atoms with Crippen LogP contribution in [-0.4, -0.2) is 52.6 Å². The number of amides is 1. The molecule has 2 aromatic carbocycles. The van der Waals surface area contributed by atoms with Gasteiger partial charge < -0.3 is 19.5 Å². The van der Waals surface area contributed by atoms with Crippen molar-refractivity contribution in [2.75, 3.05) is 31.1 Å². The zero-order valence-electron chi connectivity index (χ0n) is 18.8. The number of carbonyl (C=O) groups excluding carboxylic acids is 1. The summed E-state index contributed by atoms with van der Waals surface area (Å²) in [5.41, 5.74) is 0.324. The van der Waals surface area contributed by atoms with Crippen molar-refractivity contribution in [3.8, 4) is 0 Å². The number of carboxylic acid groups (broad SMARTS) is 1. The van der Waals surface area contributed by atoms with E-state index in [-0.39, 0.29) is 11.3 Å². The third-order valence-electron chi connectivity index (χ3n) is 6.02. The number of aromatic carboxylic acids is 1. The molecule has 0 unspecified atom stereocenters. The number of halogens is 3. The van der Waals surface area contributed by atoms with Crippen LogP contribution in [0.2, 0.25) is 10.0 Å². The zero-order chi connectivity index (χ0) is 25.3. The van der Waals surface area contributed by atoms with Crippen molar-refractivity contribution >= 4 is 57.7 Å². The van der Waals surface area contributed by atoms with Crippen LogP contribution in [0.1, 0.15) is 22.8 Å². The molecular formula is C25H22Cl2FN3O4. The topological polar surface area (TPSA) is 82.8 Å². The molecule has 10 heteroatoms. The van der Waals surface area contributed by atoms with Crippen LogP contribution in [0.5, 0.6) is 0 Å². The maximum Gasteiger partial charge on any atom is 0.341 e. The zero-order valence-corrected chi connectivity index (χ0v) is 20.3. The standard InChI is InChI=1S/C25H22Cl2FN3O4/c1-2-29-14-18(25(34)35)24(33)17-12-20(28)22(13-21(17)29)30-7-9-31(10-8-30)23(32)6-4-15-3-5-16(26)11-19(15)27/h3-6,11-14H,2,7-10H2,1H3,(H,34,35)/b6-4+. The van der Waals surface area contributed by atoms with E-state index in [0.717, 1.165) is 6.07 Å². The lowest BCUT2D eigenvalue weighted by Crippen LogP contribution is -2.48. The van der Waals surface area contributed by atoms with E-state index < -0.39 is 22.8 Å². The fourth-order valence-electron chi connectivity index (χ4n) is 4.13. The van der Waals surface area contributed by atoms with Crippen molar-refractivity contribution in [3.05, 3.63) is 79.8 Å². The minimum Gasteiger partial charge on any atom is -0.477 e. The molecule has 1 saturated heterocycles. The molecule has 2 heterocycles. The van der Waals surface area contributed by atoms with E-state index in [1.807, 2.05) is 11.8 Å². The van der Waals surface area contributed by atoms with Crippen molar-refractivity contribution < 1.29 is 19.1 Å². The van der Waals surface area contributed by atoms with E-state index in [1.165, 1.54) is 12.3 Å². The molecular weight excluding hydrogens is 496 g/mol. The normalized spacial score (nSPS) is 14.2. The van der Waals surface area contributed by atoms with Crippen LogP contribution in [0.4, 0.5) is 10.1 Å². The lowest BCUT2D eigenvalue weighted by molar-refractivity contribution is -0.126. The Morgan fingerprint density at radius 3 is 2.46 bits per heavy atom. The number of hydrogen-bond donors (Lipinski definition) is 1. The molecule has 0 radical (unpaired) electrons. The summed E-state index contributed by atoms with van der Waals surface area (Å²) in [6, 6.07) is 7.69. The number of aromatic nitrogens is 1. The number of hydrogen-bond acceptors (Lipinski definition) is 4. The van der Waals surface area contributed by atoms with Gasteiger partial charge >= 0.3 is 5.97 Å². The van der Waals surface area contributed by atoms with Gasteiger partial charge in [0.25, 0.3) is 0 Å². The number of nitrogens with zero attached hydrogens (tertiary/aromatic N) is 3. The first kappa shape index (κ1) is 24.8. The number of rotatable bonds is 5. The molecule has 0 saturated carbocycles. The van der Waals surface area contributed by atoms with E-state index in [1.54, 1.807) is 39.8 Å². The Balaban J connectivity index is 1.52. The van der Waals surface area contributed by atoms with Gasteiger partial charge in [-0.25, -0.2) is 9.18 Å². The number of aryl methyl sites for hydroxylation is 1. The molecule has 1 aromatic heterocycles. The molecule has 0 atom stereocenters. The van der Waals surface area contributed by atoms with E-state index in [2.05, 4.69) is 0 Å². The van der Waals surface area contributed by atoms with Gasteiger partial charge in [0.05, 0.1) is 11.2 Å². The maximum absolute atomic E-state index is 15.0. The summed E-state index contributed by atoms with van der Waals surface area (Å²) in [7, 11) is 0. The van der Waals surface area contributed by atoms with Gasteiger partial charge in [0.15, 0.2) is 0 Å². The first-order valence-corrected chi connectivity index (χ1v) is 11.7. The summed E-state index contributed by atoms with van der Waals surface area (Å²) < 4.78 is 16.7. The van der Waals surface area contributed by atoms with Gasteiger partial charge in [0, 0.05) is 60.4 Å². The highest BCUT2D eigenvalue weighted by Gasteiger charge is 2.24. The Morgan fingerprint density at radius 2 is 1.83 bits per heavy atom. The van der Waals surface area contributed by atoms with Gasteiger partial charge in [-0.3, -0.25) is 9.59 Å². The van der Waals surface area contributed by atoms with E-state index in [9.17, 15) is 19.5 Å². The Bertz CT molecular complexity index is 1410. The molecule has 7 nitrogen and oxygen atoms in total. The Labute approximate surface area is 210 Å². The second kappa shape index (κ2) is 10.1. The van der Waals surface area contributed by atoms with Crippen LogP contribution in [0.15, 0.2) is 47.4 Å². The monoisotopic (exact) mass is 517 g/mol. The summed E-state index contributed by atoms with van der Waals surface area (Å²) in [4.78, 5) is 40.1. The first-order valence-electron chi connectivity index (χ1n) is 11.0. The van der Waals surface area contributed by atoms with Crippen LogP contribution >= 0.6 is 23.2 Å². The number of pyridine rings is 1. The lowest BCUT2D eigenvalue weighted by atomic mass is 10.1. The van der Waals surface area contributed by atoms with Crippen LogP contribution in [-0.2, 0) is 11.3 Å². The Kier molecular flexibility index (Phi) is 7.14. The number of fused-ring (bicyclic) bond motifs is 1. The SMILES string of the molecule is CCn1cc(C(=O)O)c(=O)c2cc(F)c(N3CCN(C(=O)/C=C/c4ccc(Cl)cc4Cl)CC3)cc21. The Morgan fingerprint density at radius 1 is 1.11 bits per heavy atom. The summed E-state index contributed by atoms with van der Waals surface area (Å²) in [6.45, 7) is 3.78. The number of benzene rings is 2. The number of carbonyl (C=O) groups is 2. The average molecular weight is 518 g/mol. The molecule has 1 fully saturated rings. The highest BCUT2D eigenvalue weighted by Crippen LogP contribution is 2.27. The van der Waals surface area contributed by atoms with Gasteiger partial charge in [-0.1, -0.05) is 29.3 Å². The summed E-state index contributed by atoms with van der Waals surface area (Å²) in [5.74, 6) is -2.15. The predicted molar refractivity (Wildman–Crippen MR) is 135 cm³/mol. The fraction of sp³-hybridized carbons (Fsp3) is 0.240. The smallest absolute Gasteiger partial charge is 0.341 e. The summed E-state index contributed by atoms with van der Waals surface area (Å²) >= 11 is 12.0. The minimum absolute atomic E-state index is 0.0211. The molecule has 1 aliphatic heterocycles. The molecule has 1 N–H and O–H groups in total. The predicted octanol–water partition coefficient (Wildman–Crippen LogP) is 4.53. The molecule has 4 rings (SSSR count). The van der Waals surface area contributed by atoms with Crippen molar-refractivity contribution in [3.63, 3.8) is 0 Å². The largest absolute Gasteiger partial charge is 0.477 e. The third kappa shape index (κ3) is 5.04. The lowest BCUT2D eigenvalue weighted by Gasteiger charge is -2.36. The first-order chi connectivity index (χ1) is 16.7. The second-order valence-corrected chi connectivity index (χ2v) is 8.94. The molecule has 35 heavy (non-hydrogen) atoms. The van der Waals surface area contributed by atoms with Crippen LogP contribution < -0.4 is 10.3 Å². The van der Waals surface area contributed by atoms with E-state index in [4.69, 9.17) is 23.2 Å². The summed E-state index contributed by atoms with van der Waals surface area (Å²) in [5, 5.41) is 10.3. The highest BCUT2D eigenvalue weighted by atomic mass is 35.5. The van der Waals surface area contributed by atoms with Gasteiger partial charge in [-0.15, -0.1) is 0 Å². The Hall–Kier alpha value is -3.36.